The molecule has 56 valence electrons. The minimum Gasteiger partial charge on any atom is -0.343 e. The highest BCUT2D eigenvalue weighted by Crippen LogP contribution is 2.20. The maximum absolute atomic E-state index is 4.19. The van der Waals surface area contributed by atoms with Crippen LogP contribution in [0.1, 0.15) is 12.1 Å². The number of aryl methyl sites for hydroxylation is 1. The largest absolute Gasteiger partial charge is 0.343 e. The van der Waals surface area contributed by atoms with Crippen molar-refractivity contribution in [1.29, 1.82) is 0 Å². The summed E-state index contributed by atoms with van der Waals surface area (Å²) in [7, 11) is 0. The molecule has 3 heteroatoms. The molecule has 0 amide bonds. The molecular weight excluding hydrogens is 138 g/mol. The van der Waals surface area contributed by atoms with Gasteiger partial charge in [-0.25, -0.2) is 4.98 Å². The molecular formula is C8H9N3. The van der Waals surface area contributed by atoms with Crippen LogP contribution in [-0.4, -0.2) is 9.97 Å². The first-order valence-electron chi connectivity index (χ1n) is 3.61. The Labute approximate surface area is 65.2 Å². The van der Waals surface area contributed by atoms with Crippen molar-refractivity contribution in [2.24, 2.45) is 0 Å². The van der Waals surface area contributed by atoms with E-state index in [4.69, 9.17) is 0 Å². The van der Waals surface area contributed by atoms with Crippen LogP contribution in [-0.2, 0) is 6.42 Å². The quantitative estimate of drug-likeness (QED) is 0.602. The van der Waals surface area contributed by atoms with Gasteiger partial charge in [-0.1, -0.05) is 6.58 Å². The predicted molar refractivity (Wildman–Crippen MR) is 43.1 cm³/mol. The van der Waals surface area contributed by atoms with E-state index < -0.39 is 0 Å². The van der Waals surface area contributed by atoms with Gasteiger partial charge >= 0.3 is 0 Å². The summed E-state index contributed by atoms with van der Waals surface area (Å²) in [6.45, 7) is 3.83. The molecule has 1 aliphatic rings. The summed E-state index contributed by atoms with van der Waals surface area (Å²) in [5.41, 5.74) is 2.07. The molecule has 0 bridgehead atoms. The van der Waals surface area contributed by atoms with Gasteiger partial charge in [-0.2, -0.15) is 0 Å². The lowest BCUT2D eigenvalue weighted by molar-refractivity contribution is 0.858. The Morgan fingerprint density at radius 2 is 2.09 bits per heavy atom. The smallest absolute Gasteiger partial charge is 0.151 e. The molecule has 0 unspecified atom stereocenters. The van der Waals surface area contributed by atoms with Crippen molar-refractivity contribution >= 4 is 5.82 Å². The number of rotatable bonds is 0. The molecule has 11 heavy (non-hydrogen) atoms. The minimum absolute atomic E-state index is 0.865. The molecule has 0 atom stereocenters. The maximum atomic E-state index is 4.19. The second kappa shape index (κ2) is 2.34. The molecule has 0 radical (unpaired) electrons. The lowest BCUT2D eigenvalue weighted by Gasteiger charge is -2.16. The number of anilines is 1. The highest BCUT2D eigenvalue weighted by atomic mass is 15.0. The lowest BCUT2D eigenvalue weighted by Crippen LogP contribution is -2.11. The van der Waals surface area contributed by atoms with Crippen LogP contribution in [0, 0.1) is 0 Å². The number of hydrogen-bond acceptors (Lipinski definition) is 3. The van der Waals surface area contributed by atoms with E-state index in [1.165, 1.54) is 0 Å². The van der Waals surface area contributed by atoms with Crippen LogP contribution in [0.3, 0.4) is 0 Å². The van der Waals surface area contributed by atoms with Crippen molar-refractivity contribution in [3.8, 4) is 0 Å². The Morgan fingerprint density at radius 1 is 1.27 bits per heavy atom. The number of nitrogens with one attached hydrogen (secondary N) is 1. The van der Waals surface area contributed by atoms with Crippen LogP contribution in [0.2, 0.25) is 0 Å². The van der Waals surface area contributed by atoms with Crippen LogP contribution < -0.4 is 5.32 Å². The van der Waals surface area contributed by atoms with Gasteiger partial charge in [-0.15, -0.1) is 0 Å². The van der Waals surface area contributed by atoms with Gasteiger partial charge in [-0.3, -0.25) is 4.98 Å². The van der Waals surface area contributed by atoms with E-state index in [-0.39, 0.29) is 0 Å². The van der Waals surface area contributed by atoms with Crippen LogP contribution in [0.25, 0.3) is 0 Å². The van der Waals surface area contributed by atoms with Crippen molar-refractivity contribution < 1.29 is 0 Å². The average molecular weight is 147 g/mol. The van der Waals surface area contributed by atoms with Crippen LogP contribution >= 0.6 is 0 Å². The number of fused-ring (bicyclic) bond motifs is 1. The summed E-state index contributed by atoms with van der Waals surface area (Å²) in [4.78, 5) is 8.32. The van der Waals surface area contributed by atoms with Gasteiger partial charge in [0.25, 0.3) is 0 Å². The van der Waals surface area contributed by atoms with Crippen molar-refractivity contribution in [2.75, 3.05) is 5.32 Å². The van der Waals surface area contributed by atoms with Crippen LogP contribution in [0.5, 0.6) is 0 Å². The molecule has 0 spiro atoms. The number of aromatic nitrogens is 2. The molecule has 0 saturated heterocycles. The van der Waals surface area contributed by atoms with E-state index >= 15 is 0 Å². The molecule has 2 rings (SSSR count). The van der Waals surface area contributed by atoms with E-state index in [1.807, 2.05) is 0 Å². The van der Waals surface area contributed by atoms with Gasteiger partial charge in [0, 0.05) is 18.1 Å². The van der Waals surface area contributed by atoms with Gasteiger partial charge < -0.3 is 5.32 Å². The zero-order valence-electron chi connectivity index (χ0n) is 6.17. The fourth-order valence-electron chi connectivity index (χ4n) is 1.15. The molecule has 1 aliphatic heterocycles. The van der Waals surface area contributed by atoms with Crippen molar-refractivity contribution in [1.82, 2.24) is 9.97 Å². The maximum Gasteiger partial charge on any atom is 0.151 e. The Bertz CT molecular complexity index is 293. The summed E-state index contributed by atoms with van der Waals surface area (Å²) in [5, 5.41) is 3.09. The van der Waals surface area contributed by atoms with Crippen molar-refractivity contribution in [3.63, 3.8) is 0 Å². The first kappa shape index (κ1) is 6.34. The Hall–Kier alpha value is -1.38. The second-order valence-corrected chi connectivity index (χ2v) is 2.58. The molecule has 0 aromatic carbocycles. The number of nitrogens with zero attached hydrogens (tertiary/aromatic N) is 2. The van der Waals surface area contributed by atoms with E-state index in [0.717, 1.165) is 30.1 Å². The lowest BCUT2D eigenvalue weighted by atomic mass is 10.1. The summed E-state index contributed by atoms with van der Waals surface area (Å²) in [6, 6.07) is 0. The molecule has 0 aliphatic carbocycles. The molecule has 1 N–H and O–H groups in total. The van der Waals surface area contributed by atoms with Crippen molar-refractivity contribution in [3.05, 3.63) is 30.4 Å². The minimum atomic E-state index is 0.865. The monoisotopic (exact) mass is 147 g/mol. The van der Waals surface area contributed by atoms with E-state index in [9.17, 15) is 0 Å². The van der Waals surface area contributed by atoms with Gasteiger partial charge in [0.15, 0.2) is 5.82 Å². The average Bonchev–Trinajstić information content (AvgIpc) is 2.04. The molecule has 2 heterocycles. The van der Waals surface area contributed by atoms with Gasteiger partial charge in [0.2, 0.25) is 0 Å². The third-order valence-corrected chi connectivity index (χ3v) is 1.73. The molecule has 0 fully saturated rings. The Morgan fingerprint density at radius 3 is 3.00 bits per heavy atom. The van der Waals surface area contributed by atoms with Crippen LogP contribution in [0.15, 0.2) is 24.7 Å². The summed E-state index contributed by atoms with van der Waals surface area (Å²) in [6.07, 6.45) is 5.32. The normalized spacial score (nSPS) is 15.5. The summed E-state index contributed by atoms with van der Waals surface area (Å²) >= 11 is 0. The highest BCUT2D eigenvalue weighted by molar-refractivity contribution is 5.47. The van der Waals surface area contributed by atoms with Gasteiger partial charge in [0.05, 0.1) is 5.69 Å². The number of hydrogen-bond donors (Lipinski definition) is 1. The predicted octanol–water partition coefficient (Wildman–Crippen LogP) is 1.35. The third kappa shape index (κ3) is 1.09. The van der Waals surface area contributed by atoms with E-state index in [1.54, 1.807) is 12.4 Å². The number of allylic oxidation sites excluding steroid dienone is 1. The Kier molecular flexibility index (Phi) is 1.35. The topological polar surface area (TPSA) is 37.8 Å². The highest BCUT2D eigenvalue weighted by Gasteiger charge is 2.11. The zero-order chi connectivity index (χ0) is 7.68. The molecule has 3 nitrogen and oxygen atoms in total. The molecule has 0 saturated carbocycles. The third-order valence-electron chi connectivity index (χ3n) is 1.73. The standard InChI is InChI=1S/C8H9N3/c1-6-2-3-7-8(11-6)10-5-4-9-7/h4-5H,1-3H2,(H,10,11). The Balaban J connectivity index is 2.41. The summed E-state index contributed by atoms with van der Waals surface area (Å²) in [5.74, 6) is 0.865. The zero-order valence-corrected chi connectivity index (χ0v) is 6.17. The second-order valence-electron chi connectivity index (χ2n) is 2.58. The molecule has 1 aromatic heterocycles. The van der Waals surface area contributed by atoms with E-state index in [0.29, 0.717) is 0 Å². The van der Waals surface area contributed by atoms with Crippen LogP contribution in [0.4, 0.5) is 5.82 Å². The van der Waals surface area contributed by atoms with E-state index in [2.05, 4.69) is 21.9 Å². The van der Waals surface area contributed by atoms with Gasteiger partial charge in [0.1, 0.15) is 0 Å². The van der Waals surface area contributed by atoms with Gasteiger partial charge in [-0.05, 0) is 12.8 Å². The van der Waals surface area contributed by atoms with Crippen molar-refractivity contribution in [2.45, 2.75) is 12.8 Å². The summed E-state index contributed by atoms with van der Waals surface area (Å²) < 4.78 is 0. The first-order chi connectivity index (χ1) is 5.36. The first-order valence-corrected chi connectivity index (χ1v) is 3.61. The molecule has 1 aromatic rings. The fourth-order valence-corrected chi connectivity index (χ4v) is 1.15. The fraction of sp³-hybridized carbons (Fsp3) is 0.250. The SMILES string of the molecule is C=C1CCc2nccnc2N1.